The van der Waals surface area contributed by atoms with Crippen molar-refractivity contribution in [3.05, 3.63) is 157 Å². The Bertz CT molecular complexity index is 2010. The third kappa shape index (κ3) is 7.54. The van der Waals surface area contributed by atoms with Crippen molar-refractivity contribution < 1.29 is 38.2 Å². The molecule has 0 radical (unpaired) electrons. The second-order valence-corrected chi connectivity index (χ2v) is 15.4. The van der Waals surface area contributed by atoms with Gasteiger partial charge in [0, 0.05) is 0 Å². The molecule has 3 atom stereocenters. The zero-order valence-corrected chi connectivity index (χ0v) is 29.7. The second-order valence-electron chi connectivity index (χ2n) is 12.1. The molecule has 1 aliphatic heterocycles. The molecule has 5 aromatic carbocycles. The number of likely N-dealkylation sites (tertiary alicyclic amines) is 1. The average molecular weight is 729 g/mol. The van der Waals surface area contributed by atoms with Gasteiger partial charge in [0.05, 0.1) is 12.4 Å². The Labute approximate surface area is 307 Å². The Morgan fingerprint density at radius 3 is 1.68 bits per heavy atom. The highest BCUT2D eigenvalue weighted by atomic mass is 31.2. The van der Waals surface area contributed by atoms with E-state index in [9.17, 15) is 24.0 Å². The predicted molar refractivity (Wildman–Crippen MR) is 203 cm³/mol. The molecular formula is C42H37N2O8P. The Morgan fingerprint density at radius 1 is 0.736 bits per heavy atom. The highest BCUT2D eigenvalue weighted by Gasteiger charge is 2.57. The molecule has 1 aliphatic rings. The van der Waals surface area contributed by atoms with Crippen molar-refractivity contribution in [2.24, 2.45) is 0 Å². The van der Waals surface area contributed by atoms with Crippen molar-refractivity contribution in [3.8, 4) is 5.75 Å². The van der Waals surface area contributed by atoms with E-state index in [4.69, 9.17) is 14.2 Å². The smallest absolute Gasteiger partial charge is 0.337 e. The molecule has 1 heterocycles. The van der Waals surface area contributed by atoms with Crippen molar-refractivity contribution in [3.63, 3.8) is 0 Å². The predicted octanol–water partition coefficient (Wildman–Crippen LogP) is 3.41. The van der Waals surface area contributed by atoms with Gasteiger partial charge in [-0.05, 0) is 40.5 Å². The SMILES string of the molecule is COC(=O)C([C@@H](C(=O)OCc1ccccc1)N1C(=O)C(NC(=O)COc2ccccc2)C1C=O)=P(c1ccccc1)(c1ccccc1)c1ccccc1. The maximum absolute atomic E-state index is 14.7. The zero-order valence-electron chi connectivity index (χ0n) is 28.8. The maximum atomic E-state index is 14.7. The quantitative estimate of drug-likeness (QED) is 0.0798. The lowest BCUT2D eigenvalue weighted by molar-refractivity contribution is -0.167. The molecule has 1 saturated heterocycles. The third-order valence-corrected chi connectivity index (χ3v) is 13.3. The summed E-state index contributed by atoms with van der Waals surface area (Å²) in [6.45, 7) is -4.01. The van der Waals surface area contributed by atoms with Gasteiger partial charge in [0.15, 0.2) is 12.6 Å². The monoisotopic (exact) mass is 728 g/mol. The molecule has 2 unspecified atom stereocenters. The molecule has 0 aromatic heterocycles. The van der Waals surface area contributed by atoms with Crippen LogP contribution in [0.5, 0.6) is 5.75 Å². The van der Waals surface area contributed by atoms with Crippen LogP contribution in [0.2, 0.25) is 0 Å². The molecule has 6 rings (SSSR count). The largest absolute Gasteiger partial charge is 0.484 e. The number of esters is 2. The number of ether oxygens (including phenoxy) is 3. The molecule has 0 spiro atoms. The van der Waals surface area contributed by atoms with Crippen LogP contribution in [0.25, 0.3) is 0 Å². The number of carbonyl (C=O) groups excluding carboxylic acids is 5. The molecular weight excluding hydrogens is 691 g/mol. The minimum atomic E-state index is -3.41. The van der Waals surface area contributed by atoms with Crippen LogP contribution < -0.4 is 26.0 Å². The van der Waals surface area contributed by atoms with E-state index in [1.165, 1.54) is 7.11 Å². The van der Waals surface area contributed by atoms with Crippen molar-refractivity contribution in [1.82, 2.24) is 10.2 Å². The summed E-state index contributed by atoms with van der Waals surface area (Å²) in [5, 5.41) is 4.59. The van der Waals surface area contributed by atoms with Gasteiger partial charge >= 0.3 is 11.9 Å². The lowest BCUT2D eigenvalue weighted by atomic mass is 9.92. The minimum absolute atomic E-state index is 0.0703. The Hall–Kier alpha value is -6.25. The summed E-state index contributed by atoms with van der Waals surface area (Å²) >= 11 is 0. The second kappa shape index (κ2) is 16.8. The molecule has 2 amide bonds. The van der Waals surface area contributed by atoms with Crippen LogP contribution in [-0.4, -0.2) is 72.1 Å². The third-order valence-electron chi connectivity index (χ3n) is 8.92. The summed E-state index contributed by atoms with van der Waals surface area (Å²) in [6, 6.07) is 40.9. The average Bonchev–Trinajstić information content (AvgIpc) is 3.22. The molecule has 1 fully saturated rings. The van der Waals surface area contributed by atoms with Gasteiger partial charge in [0.25, 0.3) is 5.91 Å². The summed E-state index contributed by atoms with van der Waals surface area (Å²) < 4.78 is 16.9. The maximum Gasteiger partial charge on any atom is 0.337 e. The van der Waals surface area contributed by atoms with Crippen LogP contribution >= 0.6 is 6.89 Å². The summed E-state index contributed by atoms with van der Waals surface area (Å²) in [4.78, 5) is 70.5. The van der Waals surface area contributed by atoms with Crippen LogP contribution in [0.4, 0.5) is 0 Å². The zero-order chi connectivity index (χ0) is 37.2. The Balaban J connectivity index is 1.54. The van der Waals surface area contributed by atoms with E-state index in [-0.39, 0.29) is 11.9 Å². The number of amides is 2. The van der Waals surface area contributed by atoms with Crippen molar-refractivity contribution >= 4 is 58.1 Å². The fourth-order valence-corrected chi connectivity index (χ4v) is 11.1. The molecule has 268 valence electrons. The number of para-hydroxylation sites is 1. The Morgan fingerprint density at radius 2 is 1.21 bits per heavy atom. The highest BCUT2D eigenvalue weighted by Crippen LogP contribution is 2.48. The number of rotatable bonds is 14. The minimum Gasteiger partial charge on any atom is -0.484 e. The first-order valence-electron chi connectivity index (χ1n) is 16.9. The normalized spacial score (nSPS) is 15.6. The highest BCUT2D eigenvalue weighted by molar-refractivity contribution is 7.96. The van der Waals surface area contributed by atoms with Gasteiger partial charge in [-0.3, -0.25) is 9.59 Å². The number of aldehydes is 1. The molecule has 53 heavy (non-hydrogen) atoms. The van der Waals surface area contributed by atoms with E-state index < -0.39 is 55.4 Å². The van der Waals surface area contributed by atoms with E-state index in [1.807, 2.05) is 97.1 Å². The lowest BCUT2D eigenvalue weighted by Gasteiger charge is -2.48. The molecule has 5 aromatic rings. The standard InChI is InChI=1S/C42H37N2O8P/c1-50-42(49)39(53(32-21-11-4-12-22-32,33-23-13-5-14-24-33)34-25-15-6-16-26-34)38(41(48)52-28-30-17-7-2-8-18-30)44-35(27-45)37(40(44)47)43-36(46)29-51-31-19-9-3-10-20-31/h2-27,35,37-38H,28-29H2,1H3,(H,43,46)/t35?,37?,38-/m0/s1. The first-order valence-corrected chi connectivity index (χ1v) is 18.7. The van der Waals surface area contributed by atoms with Crippen LogP contribution in [0.15, 0.2) is 152 Å². The fraction of sp³-hybridized carbons (Fsp3) is 0.143. The van der Waals surface area contributed by atoms with Gasteiger partial charge in [-0.25, -0.2) is 9.59 Å². The number of benzene rings is 5. The van der Waals surface area contributed by atoms with Gasteiger partial charge in [0.2, 0.25) is 5.91 Å². The van der Waals surface area contributed by atoms with Gasteiger partial charge in [0.1, 0.15) is 30.7 Å². The van der Waals surface area contributed by atoms with Crippen LogP contribution in [0.3, 0.4) is 0 Å². The lowest BCUT2D eigenvalue weighted by Crippen LogP contribution is -2.76. The van der Waals surface area contributed by atoms with Gasteiger partial charge in [-0.2, -0.15) is 0 Å². The topological polar surface area (TPSA) is 128 Å². The van der Waals surface area contributed by atoms with E-state index in [0.29, 0.717) is 33.5 Å². The van der Waals surface area contributed by atoms with Gasteiger partial charge in [-0.15, -0.1) is 0 Å². The van der Waals surface area contributed by atoms with Gasteiger partial charge < -0.3 is 29.2 Å². The van der Waals surface area contributed by atoms with Crippen LogP contribution in [0, 0.1) is 0 Å². The molecule has 1 N–H and O–H groups in total. The molecule has 10 nitrogen and oxygen atoms in total. The van der Waals surface area contributed by atoms with Crippen molar-refractivity contribution in [1.29, 1.82) is 0 Å². The first-order chi connectivity index (χ1) is 25.9. The molecule has 0 aliphatic carbocycles. The van der Waals surface area contributed by atoms with E-state index in [2.05, 4.69) is 5.32 Å². The van der Waals surface area contributed by atoms with Crippen molar-refractivity contribution in [2.45, 2.75) is 24.7 Å². The fourth-order valence-electron chi connectivity index (χ4n) is 6.52. The van der Waals surface area contributed by atoms with E-state index in [0.717, 1.165) is 4.90 Å². The van der Waals surface area contributed by atoms with E-state index in [1.54, 1.807) is 54.6 Å². The number of nitrogens with one attached hydrogen (secondary N) is 1. The number of hydrogen-bond acceptors (Lipinski definition) is 8. The molecule has 0 saturated carbocycles. The number of carbonyl (C=O) groups is 5. The number of nitrogens with zero attached hydrogens (tertiary/aromatic N) is 1. The van der Waals surface area contributed by atoms with Crippen LogP contribution in [-0.2, 0) is 40.1 Å². The first kappa shape index (κ1) is 36.5. The summed E-state index contributed by atoms with van der Waals surface area (Å²) in [5.41, 5.74) is 0.667. The van der Waals surface area contributed by atoms with Crippen molar-refractivity contribution in [2.75, 3.05) is 13.7 Å². The summed E-state index contributed by atoms with van der Waals surface area (Å²) in [6.07, 6.45) is 0.477. The summed E-state index contributed by atoms with van der Waals surface area (Å²) in [5.74, 6) is -2.78. The molecule has 0 bridgehead atoms. The number of hydrogen-bond donors (Lipinski definition) is 1. The molecule has 11 heteroatoms. The van der Waals surface area contributed by atoms with Gasteiger partial charge in [-0.1, -0.05) is 140 Å². The Kier molecular flexibility index (Phi) is 11.6. The number of β-lactam (4-membered cyclic amide) rings is 1. The van der Waals surface area contributed by atoms with E-state index >= 15 is 0 Å². The summed E-state index contributed by atoms with van der Waals surface area (Å²) in [7, 11) is 1.20. The number of methoxy groups -OCH3 is 1. The van der Waals surface area contributed by atoms with Crippen LogP contribution in [0.1, 0.15) is 5.56 Å².